The maximum Gasteiger partial charge on any atom is 0.0879 e. The first kappa shape index (κ1) is 6.40. The molecule has 0 aliphatic carbocycles. The fourth-order valence-electron chi connectivity index (χ4n) is 1.02. The smallest absolute Gasteiger partial charge is 0.0879 e. The molecule has 52 valence electrons. The van der Waals surface area contributed by atoms with Crippen LogP contribution in [0.15, 0.2) is 18.5 Å². The Hall–Kier alpha value is -1.31. The SMILES string of the molecule is [CH]c1cc2c[nH]cc2nc1[CH]. The Labute approximate surface area is 65.3 Å². The van der Waals surface area contributed by atoms with E-state index in [1.165, 1.54) is 0 Å². The molecule has 0 bridgehead atoms. The highest BCUT2D eigenvalue weighted by molar-refractivity contribution is 5.79. The molecule has 0 aliphatic rings. The van der Waals surface area contributed by atoms with Gasteiger partial charge in [0.15, 0.2) is 0 Å². The number of aromatic nitrogens is 2. The van der Waals surface area contributed by atoms with Crippen molar-refractivity contribution in [2.45, 2.75) is 0 Å². The number of nitrogens with zero attached hydrogens (tertiary/aromatic N) is 1. The van der Waals surface area contributed by atoms with Crippen LogP contribution in [-0.2, 0) is 0 Å². The van der Waals surface area contributed by atoms with Gasteiger partial charge >= 0.3 is 0 Å². The lowest BCUT2D eigenvalue weighted by atomic mass is 10.2. The summed E-state index contributed by atoms with van der Waals surface area (Å²) in [5.41, 5.74) is 1.76. The fourth-order valence-corrected chi connectivity index (χ4v) is 1.02. The average Bonchev–Trinajstić information content (AvgIpc) is 2.36. The van der Waals surface area contributed by atoms with Gasteiger partial charge in [-0.1, -0.05) is 0 Å². The topological polar surface area (TPSA) is 28.7 Å². The number of pyridine rings is 1. The van der Waals surface area contributed by atoms with Crippen LogP contribution >= 0.6 is 0 Å². The van der Waals surface area contributed by atoms with Gasteiger partial charge in [-0.15, -0.1) is 0 Å². The Morgan fingerprint density at radius 1 is 1.27 bits per heavy atom. The number of hydrogen-bond donors (Lipinski definition) is 1. The van der Waals surface area contributed by atoms with Crippen molar-refractivity contribution in [3.05, 3.63) is 43.6 Å². The number of H-pyrrole nitrogens is 1. The zero-order valence-corrected chi connectivity index (χ0v) is 5.83. The monoisotopic (exact) mass is 142 g/mol. The van der Waals surface area contributed by atoms with Gasteiger partial charge in [0.05, 0.1) is 5.52 Å². The van der Waals surface area contributed by atoms with E-state index in [1.54, 1.807) is 12.3 Å². The van der Waals surface area contributed by atoms with Gasteiger partial charge in [0.1, 0.15) is 0 Å². The Morgan fingerprint density at radius 3 is 2.91 bits per heavy atom. The lowest BCUT2D eigenvalue weighted by Gasteiger charge is -1.96. The lowest BCUT2D eigenvalue weighted by molar-refractivity contribution is 1.31. The first-order valence-corrected chi connectivity index (χ1v) is 3.26. The van der Waals surface area contributed by atoms with Crippen LogP contribution < -0.4 is 0 Å². The largest absolute Gasteiger partial charge is 0.365 e. The van der Waals surface area contributed by atoms with Gasteiger partial charge in [-0.05, 0) is 11.6 Å². The van der Waals surface area contributed by atoms with E-state index >= 15 is 0 Å². The zero-order valence-electron chi connectivity index (χ0n) is 5.83. The molecule has 2 heteroatoms. The van der Waals surface area contributed by atoms with Crippen LogP contribution in [0.4, 0.5) is 0 Å². The second-order valence-electron chi connectivity index (χ2n) is 2.39. The molecule has 2 rings (SSSR count). The van der Waals surface area contributed by atoms with E-state index in [0.717, 1.165) is 10.9 Å². The first-order chi connectivity index (χ1) is 5.27. The molecule has 2 aromatic rings. The van der Waals surface area contributed by atoms with E-state index < -0.39 is 0 Å². The summed E-state index contributed by atoms with van der Waals surface area (Å²) in [4.78, 5) is 6.98. The predicted octanol–water partition coefficient (Wildman–Crippen LogP) is 1.68. The van der Waals surface area contributed by atoms with Crippen molar-refractivity contribution >= 4 is 10.9 Å². The van der Waals surface area contributed by atoms with Gasteiger partial charge in [0, 0.05) is 37.3 Å². The third-order valence-electron chi connectivity index (χ3n) is 1.60. The molecule has 0 fully saturated rings. The maximum atomic E-state index is 5.54. The molecule has 0 saturated carbocycles. The predicted molar refractivity (Wildman–Crippen MR) is 42.9 cm³/mol. The molecule has 2 aromatic heterocycles. The van der Waals surface area contributed by atoms with Crippen LogP contribution in [0.2, 0.25) is 0 Å². The standard InChI is InChI=1S/C9H6N2/c1-6-3-8-4-10-5-9(8)11-7(6)2/h1-5,10H. The molecule has 11 heavy (non-hydrogen) atoms. The minimum atomic E-state index is 0.386. The normalized spacial score (nSPS) is 10.7. The van der Waals surface area contributed by atoms with Crippen molar-refractivity contribution in [1.82, 2.24) is 9.97 Å². The zero-order chi connectivity index (χ0) is 7.84. The molecule has 0 aromatic carbocycles. The van der Waals surface area contributed by atoms with E-state index in [9.17, 15) is 0 Å². The Kier molecular flexibility index (Phi) is 1.22. The molecule has 4 radical (unpaired) electrons. The molecule has 1 N–H and O–H groups in total. The first-order valence-electron chi connectivity index (χ1n) is 3.26. The van der Waals surface area contributed by atoms with Crippen LogP contribution in [0.1, 0.15) is 11.3 Å². The second kappa shape index (κ2) is 2.09. The summed E-state index contributed by atoms with van der Waals surface area (Å²) in [6, 6.07) is 1.80. The minimum absolute atomic E-state index is 0.386. The van der Waals surface area contributed by atoms with Crippen LogP contribution in [0.25, 0.3) is 10.9 Å². The molecule has 0 unspecified atom stereocenters. The summed E-state index contributed by atoms with van der Waals surface area (Å²) in [5.74, 6) is 0. The van der Waals surface area contributed by atoms with Crippen molar-refractivity contribution in [2.75, 3.05) is 0 Å². The molecule has 0 atom stereocenters. The molecular weight excluding hydrogens is 136 g/mol. The average molecular weight is 142 g/mol. The Balaban J connectivity index is 2.86. The lowest BCUT2D eigenvalue weighted by Crippen LogP contribution is -1.84. The van der Waals surface area contributed by atoms with Gasteiger partial charge in [0.2, 0.25) is 0 Å². The van der Waals surface area contributed by atoms with E-state index in [4.69, 9.17) is 13.8 Å². The number of fused-ring (bicyclic) bond motifs is 1. The fraction of sp³-hybridized carbons (Fsp3) is 0. The number of aromatic amines is 1. The van der Waals surface area contributed by atoms with Gasteiger partial charge in [-0.3, -0.25) is 4.98 Å². The summed E-state index contributed by atoms with van der Waals surface area (Å²) in [5, 5.41) is 0.983. The van der Waals surface area contributed by atoms with Crippen molar-refractivity contribution < 1.29 is 0 Å². The number of nitrogens with one attached hydrogen (secondary N) is 1. The van der Waals surface area contributed by atoms with E-state index in [-0.39, 0.29) is 0 Å². The molecule has 0 amide bonds. The van der Waals surface area contributed by atoms with Crippen molar-refractivity contribution in [3.8, 4) is 0 Å². The summed E-state index contributed by atoms with van der Waals surface area (Å²) in [7, 11) is 0. The van der Waals surface area contributed by atoms with E-state index in [1.807, 2.05) is 6.20 Å². The van der Waals surface area contributed by atoms with Crippen LogP contribution in [0.5, 0.6) is 0 Å². The second-order valence-corrected chi connectivity index (χ2v) is 2.39. The van der Waals surface area contributed by atoms with Gasteiger partial charge in [0.25, 0.3) is 0 Å². The van der Waals surface area contributed by atoms with Crippen LogP contribution in [0.3, 0.4) is 0 Å². The molecular formula is C9H6N2. The van der Waals surface area contributed by atoms with E-state index in [0.29, 0.717) is 11.3 Å². The Bertz CT molecular complexity index is 351. The van der Waals surface area contributed by atoms with Gasteiger partial charge in [-0.2, -0.15) is 0 Å². The third-order valence-corrected chi connectivity index (χ3v) is 1.60. The Morgan fingerprint density at radius 2 is 2.09 bits per heavy atom. The highest BCUT2D eigenvalue weighted by Gasteiger charge is 1.98. The van der Waals surface area contributed by atoms with Crippen LogP contribution in [-0.4, -0.2) is 9.97 Å². The summed E-state index contributed by atoms with van der Waals surface area (Å²) < 4.78 is 0. The minimum Gasteiger partial charge on any atom is -0.365 e. The summed E-state index contributed by atoms with van der Waals surface area (Å²) in [6.07, 6.45) is 3.61. The molecule has 2 nitrogen and oxygen atoms in total. The molecule has 0 aliphatic heterocycles. The van der Waals surface area contributed by atoms with Crippen LogP contribution in [0, 0.1) is 13.8 Å². The molecule has 0 saturated heterocycles. The van der Waals surface area contributed by atoms with Crippen molar-refractivity contribution in [2.24, 2.45) is 0 Å². The highest BCUT2D eigenvalue weighted by atomic mass is 14.8. The number of hydrogen-bond acceptors (Lipinski definition) is 1. The quantitative estimate of drug-likeness (QED) is 0.595. The maximum absolute atomic E-state index is 5.54. The molecule has 0 spiro atoms. The van der Waals surface area contributed by atoms with Crippen molar-refractivity contribution in [3.63, 3.8) is 0 Å². The van der Waals surface area contributed by atoms with E-state index in [2.05, 4.69) is 9.97 Å². The number of rotatable bonds is 0. The highest BCUT2D eigenvalue weighted by Crippen LogP contribution is 2.14. The van der Waals surface area contributed by atoms with Gasteiger partial charge in [-0.25, -0.2) is 0 Å². The summed E-state index contributed by atoms with van der Waals surface area (Å²) in [6.45, 7) is 11.0. The third kappa shape index (κ3) is 0.909. The molecule has 2 heterocycles. The van der Waals surface area contributed by atoms with Gasteiger partial charge < -0.3 is 4.98 Å². The van der Waals surface area contributed by atoms with Crippen molar-refractivity contribution in [1.29, 1.82) is 0 Å². The summed E-state index contributed by atoms with van der Waals surface area (Å²) >= 11 is 0.